The van der Waals surface area contributed by atoms with Gasteiger partial charge in [-0.3, -0.25) is 0 Å². The molecule has 1 saturated heterocycles. The Balaban J connectivity index is 1.35. The Labute approximate surface area is 149 Å². The van der Waals surface area contributed by atoms with Gasteiger partial charge in [0.15, 0.2) is 0 Å². The third kappa shape index (κ3) is 5.30. The standard InChI is InChI=1S/C20H27NO4/c22-14-16-6-8-18(9-7-16)25-19-10-12-21(13-11-19)20(23)24-15-17-4-2-1-3-5-17/h1-5,14,16,18-19H,6-13,15H2. The predicted octanol–water partition coefficient (Wildman–Crippen LogP) is 3.56. The number of rotatable bonds is 5. The second-order valence-electron chi connectivity index (χ2n) is 7.04. The Kier molecular flexibility index (Phi) is 6.45. The fraction of sp³-hybridized carbons (Fsp3) is 0.600. The molecule has 0 spiro atoms. The summed E-state index contributed by atoms with van der Waals surface area (Å²) in [5.41, 5.74) is 1.000. The number of benzene rings is 1. The molecule has 1 saturated carbocycles. The van der Waals surface area contributed by atoms with E-state index < -0.39 is 0 Å². The summed E-state index contributed by atoms with van der Waals surface area (Å²) in [6.07, 6.45) is 6.88. The molecule has 0 N–H and O–H groups in total. The monoisotopic (exact) mass is 345 g/mol. The molecule has 25 heavy (non-hydrogen) atoms. The molecule has 0 unspecified atom stereocenters. The van der Waals surface area contributed by atoms with E-state index in [0.29, 0.717) is 19.7 Å². The molecule has 0 bridgehead atoms. The van der Waals surface area contributed by atoms with E-state index in [0.717, 1.165) is 50.4 Å². The normalized spacial score (nSPS) is 24.7. The van der Waals surface area contributed by atoms with E-state index >= 15 is 0 Å². The summed E-state index contributed by atoms with van der Waals surface area (Å²) < 4.78 is 11.6. The molecule has 5 heteroatoms. The molecule has 5 nitrogen and oxygen atoms in total. The van der Waals surface area contributed by atoms with Crippen LogP contribution in [0.2, 0.25) is 0 Å². The first-order valence-corrected chi connectivity index (χ1v) is 9.31. The summed E-state index contributed by atoms with van der Waals surface area (Å²) in [5, 5.41) is 0. The van der Waals surface area contributed by atoms with Gasteiger partial charge in [-0.05, 0) is 44.1 Å². The van der Waals surface area contributed by atoms with Gasteiger partial charge in [-0.15, -0.1) is 0 Å². The molecule has 2 fully saturated rings. The van der Waals surface area contributed by atoms with Gasteiger partial charge in [0, 0.05) is 19.0 Å². The highest BCUT2D eigenvalue weighted by atomic mass is 16.6. The van der Waals surface area contributed by atoms with Gasteiger partial charge in [0.25, 0.3) is 0 Å². The highest BCUT2D eigenvalue weighted by Gasteiger charge is 2.28. The zero-order chi connectivity index (χ0) is 17.5. The van der Waals surface area contributed by atoms with Gasteiger partial charge in [-0.2, -0.15) is 0 Å². The van der Waals surface area contributed by atoms with Crippen LogP contribution in [0.25, 0.3) is 0 Å². The first kappa shape index (κ1) is 17.9. The third-order valence-corrected chi connectivity index (χ3v) is 5.20. The van der Waals surface area contributed by atoms with Crippen molar-refractivity contribution in [2.75, 3.05) is 13.1 Å². The van der Waals surface area contributed by atoms with Gasteiger partial charge in [-0.1, -0.05) is 30.3 Å². The minimum absolute atomic E-state index is 0.218. The van der Waals surface area contributed by atoms with Gasteiger partial charge in [0.1, 0.15) is 12.9 Å². The quantitative estimate of drug-likeness (QED) is 0.766. The van der Waals surface area contributed by atoms with E-state index in [1.165, 1.54) is 0 Å². The molecule has 3 rings (SSSR count). The SMILES string of the molecule is O=CC1CCC(OC2CCN(C(=O)OCc3ccccc3)CC2)CC1. The average Bonchev–Trinajstić information content (AvgIpc) is 2.68. The Morgan fingerprint density at radius 3 is 2.28 bits per heavy atom. The van der Waals surface area contributed by atoms with Crippen LogP contribution in [0.4, 0.5) is 4.79 Å². The van der Waals surface area contributed by atoms with Crippen LogP contribution in [0.5, 0.6) is 0 Å². The number of nitrogens with zero attached hydrogens (tertiary/aromatic N) is 1. The number of hydrogen-bond acceptors (Lipinski definition) is 4. The summed E-state index contributed by atoms with van der Waals surface area (Å²) in [5.74, 6) is 0.223. The Bertz CT molecular complexity index is 546. The molecule has 1 heterocycles. The smallest absolute Gasteiger partial charge is 0.410 e. The van der Waals surface area contributed by atoms with E-state index in [-0.39, 0.29) is 24.2 Å². The van der Waals surface area contributed by atoms with Crippen molar-refractivity contribution in [1.29, 1.82) is 0 Å². The zero-order valence-corrected chi connectivity index (χ0v) is 14.6. The summed E-state index contributed by atoms with van der Waals surface area (Å²) in [6.45, 7) is 1.68. The largest absolute Gasteiger partial charge is 0.445 e. The fourth-order valence-corrected chi connectivity index (χ4v) is 3.62. The van der Waals surface area contributed by atoms with Crippen LogP contribution in [0.1, 0.15) is 44.1 Å². The topological polar surface area (TPSA) is 55.8 Å². The Hall–Kier alpha value is -1.88. The van der Waals surface area contributed by atoms with Crippen LogP contribution in [0.3, 0.4) is 0 Å². The van der Waals surface area contributed by atoms with Crippen molar-refractivity contribution in [3.8, 4) is 0 Å². The van der Waals surface area contributed by atoms with Crippen molar-refractivity contribution in [3.63, 3.8) is 0 Å². The van der Waals surface area contributed by atoms with Crippen molar-refractivity contribution >= 4 is 12.4 Å². The van der Waals surface area contributed by atoms with Gasteiger partial charge in [0.05, 0.1) is 12.2 Å². The molecule has 1 amide bonds. The lowest BCUT2D eigenvalue weighted by molar-refractivity contribution is -0.113. The average molecular weight is 345 g/mol. The number of carbonyl (C=O) groups excluding carboxylic acids is 2. The summed E-state index contributed by atoms with van der Waals surface area (Å²) in [6, 6.07) is 9.73. The molecule has 1 aliphatic carbocycles. The summed E-state index contributed by atoms with van der Waals surface area (Å²) in [4.78, 5) is 24.7. The van der Waals surface area contributed by atoms with Gasteiger partial charge in [0.2, 0.25) is 0 Å². The third-order valence-electron chi connectivity index (χ3n) is 5.20. The molecular weight excluding hydrogens is 318 g/mol. The fourth-order valence-electron chi connectivity index (χ4n) is 3.62. The van der Waals surface area contributed by atoms with Crippen molar-refractivity contribution in [3.05, 3.63) is 35.9 Å². The highest BCUT2D eigenvalue weighted by Crippen LogP contribution is 2.27. The Morgan fingerprint density at radius 1 is 1.00 bits per heavy atom. The predicted molar refractivity (Wildman–Crippen MR) is 94.1 cm³/mol. The number of aldehydes is 1. The lowest BCUT2D eigenvalue weighted by Gasteiger charge is -2.35. The molecule has 2 aliphatic rings. The first-order chi connectivity index (χ1) is 12.2. The summed E-state index contributed by atoms with van der Waals surface area (Å²) >= 11 is 0. The maximum absolute atomic E-state index is 12.2. The minimum Gasteiger partial charge on any atom is -0.445 e. The van der Waals surface area contributed by atoms with E-state index in [1.807, 2.05) is 30.3 Å². The van der Waals surface area contributed by atoms with E-state index in [4.69, 9.17) is 9.47 Å². The van der Waals surface area contributed by atoms with Crippen molar-refractivity contribution in [2.45, 2.75) is 57.3 Å². The van der Waals surface area contributed by atoms with Gasteiger partial charge in [-0.25, -0.2) is 4.79 Å². The molecule has 0 atom stereocenters. The lowest BCUT2D eigenvalue weighted by Crippen LogP contribution is -2.42. The molecule has 1 aliphatic heterocycles. The van der Waals surface area contributed by atoms with Crippen molar-refractivity contribution in [2.24, 2.45) is 5.92 Å². The van der Waals surface area contributed by atoms with Crippen LogP contribution in [0, 0.1) is 5.92 Å². The summed E-state index contributed by atoms with van der Waals surface area (Å²) in [7, 11) is 0. The molecule has 0 aromatic heterocycles. The minimum atomic E-state index is -0.242. The molecule has 0 radical (unpaired) electrons. The number of carbonyl (C=O) groups is 2. The number of ether oxygens (including phenoxy) is 2. The van der Waals surface area contributed by atoms with Crippen molar-refractivity contribution in [1.82, 2.24) is 4.90 Å². The van der Waals surface area contributed by atoms with Gasteiger partial charge >= 0.3 is 6.09 Å². The maximum atomic E-state index is 12.2. The molecule has 136 valence electrons. The second-order valence-corrected chi connectivity index (χ2v) is 7.04. The zero-order valence-electron chi connectivity index (χ0n) is 14.6. The number of amides is 1. The van der Waals surface area contributed by atoms with Crippen LogP contribution in [-0.2, 0) is 20.9 Å². The maximum Gasteiger partial charge on any atom is 0.410 e. The van der Waals surface area contributed by atoms with Crippen LogP contribution < -0.4 is 0 Å². The van der Waals surface area contributed by atoms with E-state index in [2.05, 4.69) is 0 Å². The lowest BCUT2D eigenvalue weighted by atomic mass is 9.88. The number of likely N-dealkylation sites (tertiary alicyclic amines) is 1. The van der Waals surface area contributed by atoms with Gasteiger partial charge < -0.3 is 19.2 Å². The molecule has 1 aromatic carbocycles. The second kappa shape index (κ2) is 8.99. The van der Waals surface area contributed by atoms with Crippen molar-refractivity contribution < 1.29 is 19.1 Å². The van der Waals surface area contributed by atoms with E-state index in [9.17, 15) is 9.59 Å². The van der Waals surface area contributed by atoms with E-state index in [1.54, 1.807) is 4.90 Å². The van der Waals surface area contributed by atoms with Crippen LogP contribution in [0.15, 0.2) is 30.3 Å². The number of hydrogen-bond donors (Lipinski definition) is 0. The first-order valence-electron chi connectivity index (χ1n) is 9.31. The Morgan fingerprint density at radius 2 is 1.64 bits per heavy atom. The number of piperidine rings is 1. The molecule has 1 aromatic rings. The highest BCUT2D eigenvalue weighted by molar-refractivity contribution is 5.67. The van der Waals surface area contributed by atoms with Crippen LogP contribution >= 0.6 is 0 Å². The molecular formula is C20H27NO4. The van der Waals surface area contributed by atoms with Crippen LogP contribution in [-0.4, -0.2) is 42.6 Å².